The number of thioether (sulfide) groups is 2. The number of rotatable bonds is 8. The van der Waals surface area contributed by atoms with E-state index in [1.165, 1.54) is 29.6 Å². The van der Waals surface area contributed by atoms with Crippen LogP contribution >= 0.6 is 23.5 Å². The summed E-state index contributed by atoms with van der Waals surface area (Å²) in [5.74, 6) is -0.230. The van der Waals surface area contributed by atoms with Crippen LogP contribution in [-0.4, -0.2) is 43.4 Å². The third-order valence-electron chi connectivity index (χ3n) is 3.83. The highest BCUT2D eigenvalue weighted by atomic mass is 32.2. The number of ether oxygens (including phenoxy) is 2. The summed E-state index contributed by atoms with van der Waals surface area (Å²) in [6.45, 7) is 7.49. The molecule has 8 nitrogen and oxygen atoms in total. The van der Waals surface area contributed by atoms with Crippen LogP contribution < -0.4 is 9.47 Å². The van der Waals surface area contributed by atoms with Gasteiger partial charge in [-0.1, -0.05) is 29.6 Å². The van der Waals surface area contributed by atoms with Gasteiger partial charge in [-0.2, -0.15) is 0 Å². The summed E-state index contributed by atoms with van der Waals surface area (Å²) < 4.78 is 10.7. The van der Waals surface area contributed by atoms with Gasteiger partial charge in [0.25, 0.3) is 0 Å². The molecule has 0 fully saturated rings. The molecule has 32 heavy (non-hydrogen) atoms. The summed E-state index contributed by atoms with van der Waals surface area (Å²) in [5, 5.41) is 1.04. The molecule has 0 saturated heterocycles. The number of esters is 2. The summed E-state index contributed by atoms with van der Waals surface area (Å²) in [5.41, 5.74) is 3.35. The van der Waals surface area contributed by atoms with E-state index < -0.39 is 11.9 Å². The van der Waals surface area contributed by atoms with Gasteiger partial charge in [0.2, 0.25) is 0 Å². The monoisotopic (exact) mass is 470 g/mol. The van der Waals surface area contributed by atoms with Crippen molar-refractivity contribution >= 4 is 35.5 Å². The normalized spacial score (nSPS) is 10.6. The maximum atomic E-state index is 12.2. The number of carbonyl (C=O) groups excluding carboxylic acids is 2. The van der Waals surface area contributed by atoms with Crippen molar-refractivity contribution in [2.24, 2.45) is 0 Å². The highest BCUT2D eigenvalue weighted by molar-refractivity contribution is 8.00. The van der Waals surface area contributed by atoms with E-state index in [1.54, 1.807) is 18.2 Å². The molecule has 3 aromatic rings. The van der Waals surface area contributed by atoms with Crippen molar-refractivity contribution in [1.29, 1.82) is 0 Å². The fraction of sp³-hybridized carbons (Fsp3) is 0.273. The van der Waals surface area contributed by atoms with Crippen LogP contribution in [0.1, 0.15) is 22.8 Å². The van der Waals surface area contributed by atoms with Crippen molar-refractivity contribution in [3.05, 3.63) is 59.2 Å². The predicted molar refractivity (Wildman–Crippen MR) is 122 cm³/mol. The minimum Gasteiger partial charge on any atom is -0.426 e. The van der Waals surface area contributed by atoms with E-state index in [0.29, 0.717) is 10.3 Å². The first-order chi connectivity index (χ1) is 15.3. The first-order valence-electron chi connectivity index (χ1n) is 9.68. The molecule has 0 bridgehead atoms. The topological polar surface area (TPSA) is 104 Å². The van der Waals surface area contributed by atoms with Gasteiger partial charge in [0, 0.05) is 28.8 Å². The highest BCUT2D eigenvalue weighted by Crippen LogP contribution is 2.22. The maximum Gasteiger partial charge on any atom is 0.321 e. The first-order valence-corrected chi connectivity index (χ1v) is 11.7. The van der Waals surface area contributed by atoms with Crippen LogP contribution in [0.3, 0.4) is 0 Å². The SMILES string of the molecule is Cc1cc(C)nc(SCC(=O)Oc2cccc(OC(=O)CSc3nc(C)cc(C)n3)c2)n1. The zero-order valence-corrected chi connectivity index (χ0v) is 19.7. The van der Waals surface area contributed by atoms with E-state index in [1.807, 2.05) is 39.8 Å². The molecular formula is C22H22N4O4S2. The summed E-state index contributed by atoms with van der Waals surface area (Å²) in [6.07, 6.45) is 0. The Morgan fingerprint density at radius 3 is 1.44 bits per heavy atom. The van der Waals surface area contributed by atoms with Gasteiger partial charge < -0.3 is 9.47 Å². The second kappa shape index (κ2) is 11.1. The smallest absolute Gasteiger partial charge is 0.321 e. The lowest BCUT2D eigenvalue weighted by atomic mass is 10.3. The average Bonchev–Trinajstić information content (AvgIpc) is 2.70. The molecule has 0 radical (unpaired) electrons. The fourth-order valence-electron chi connectivity index (χ4n) is 2.69. The van der Waals surface area contributed by atoms with Crippen molar-refractivity contribution < 1.29 is 19.1 Å². The molecule has 2 aromatic heterocycles. The Hall–Kier alpha value is -2.98. The number of nitrogens with zero attached hydrogens (tertiary/aromatic N) is 4. The van der Waals surface area contributed by atoms with E-state index in [-0.39, 0.29) is 23.0 Å². The van der Waals surface area contributed by atoms with Gasteiger partial charge in [-0.25, -0.2) is 19.9 Å². The molecule has 1 aromatic carbocycles. The summed E-state index contributed by atoms with van der Waals surface area (Å²) in [4.78, 5) is 41.5. The van der Waals surface area contributed by atoms with Gasteiger partial charge >= 0.3 is 11.9 Å². The Morgan fingerprint density at radius 1 is 0.688 bits per heavy atom. The molecule has 0 atom stereocenters. The Morgan fingerprint density at radius 2 is 1.06 bits per heavy atom. The van der Waals surface area contributed by atoms with E-state index in [0.717, 1.165) is 22.8 Å². The van der Waals surface area contributed by atoms with E-state index in [2.05, 4.69) is 19.9 Å². The third kappa shape index (κ3) is 7.61. The Kier molecular flexibility index (Phi) is 8.18. The lowest BCUT2D eigenvalue weighted by molar-refractivity contribution is -0.131. The van der Waals surface area contributed by atoms with Crippen LogP contribution in [0.2, 0.25) is 0 Å². The van der Waals surface area contributed by atoms with Gasteiger partial charge in [-0.3, -0.25) is 9.59 Å². The largest absolute Gasteiger partial charge is 0.426 e. The van der Waals surface area contributed by atoms with Gasteiger partial charge in [0.1, 0.15) is 11.5 Å². The molecule has 0 unspecified atom stereocenters. The van der Waals surface area contributed by atoms with E-state index in [4.69, 9.17) is 9.47 Å². The maximum absolute atomic E-state index is 12.2. The van der Waals surface area contributed by atoms with Crippen LogP contribution in [0.4, 0.5) is 0 Å². The lowest BCUT2D eigenvalue weighted by Gasteiger charge is -2.08. The van der Waals surface area contributed by atoms with Crippen LogP contribution in [0.15, 0.2) is 46.7 Å². The first kappa shape index (κ1) is 23.7. The number of benzene rings is 1. The number of aryl methyl sites for hydroxylation is 4. The van der Waals surface area contributed by atoms with Crippen molar-refractivity contribution in [3.63, 3.8) is 0 Å². The van der Waals surface area contributed by atoms with Gasteiger partial charge in [0.05, 0.1) is 11.5 Å². The number of carbonyl (C=O) groups is 2. The third-order valence-corrected chi connectivity index (χ3v) is 5.47. The Bertz CT molecular complexity index is 1020. The standard InChI is InChI=1S/C22H22N4O4S2/c1-13-8-14(2)24-21(23-13)31-11-19(27)29-17-6-5-7-18(10-17)30-20(28)12-32-22-25-15(3)9-16(4)26-22/h5-10H,11-12H2,1-4H3. The lowest BCUT2D eigenvalue weighted by Crippen LogP contribution is -2.13. The number of hydrogen-bond donors (Lipinski definition) is 0. The summed E-state index contributed by atoms with van der Waals surface area (Å²) in [7, 11) is 0. The Labute approximate surface area is 194 Å². The van der Waals surface area contributed by atoms with Crippen LogP contribution in [0.5, 0.6) is 11.5 Å². The van der Waals surface area contributed by atoms with Crippen molar-refractivity contribution in [1.82, 2.24) is 19.9 Å². The molecule has 0 aliphatic rings. The molecular weight excluding hydrogens is 448 g/mol. The fourth-order valence-corrected chi connectivity index (χ4v) is 4.13. The quantitative estimate of drug-likeness (QED) is 0.208. The minimum atomic E-state index is -0.455. The Balaban J connectivity index is 1.50. The average molecular weight is 471 g/mol. The van der Waals surface area contributed by atoms with Gasteiger partial charge in [-0.15, -0.1) is 0 Å². The molecule has 10 heteroatoms. The molecule has 0 amide bonds. The molecule has 2 heterocycles. The molecule has 3 rings (SSSR count). The zero-order chi connectivity index (χ0) is 23.1. The molecule has 0 saturated carbocycles. The summed E-state index contributed by atoms with van der Waals surface area (Å²) >= 11 is 2.40. The van der Waals surface area contributed by atoms with Gasteiger partial charge in [-0.05, 0) is 52.0 Å². The molecule has 0 aliphatic carbocycles. The van der Waals surface area contributed by atoms with E-state index >= 15 is 0 Å². The zero-order valence-electron chi connectivity index (χ0n) is 18.1. The van der Waals surface area contributed by atoms with Crippen LogP contribution in [0, 0.1) is 27.7 Å². The number of hydrogen-bond acceptors (Lipinski definition) is 10. The van der Waals surface area contributed by atoms with E-state index in [9.17, 15) is 9.59 Å². The molecule has 0 spiro atoms. The molecule has 0 aliphatic heterocycles. The predicted octanol–water partition coefficient (Wildman–Crippen LogP) is 3.90. The highest BCUT2D eigenvalue weighted by Gasteiger charge is 2.12. The second-order valence-electron chi connectivity index (χ2n) is 6.87. The van der Waals surface area contributed by atoms with Gasteiger partial charge in [0.15, 0.2) is 10.3 Å². The second-order valence-corrected chi connectivity index (χ2v) is 8.75. The summed E-state index contributed by atoms with van der Waals surface area (Å²) in [6, 6.07) is 10.1. The van der Waals surface area contributed by atoms with Crippen LogP contribution in [0.25, 0.3) is 0 Å². The number of aromatic nitrogens is 4. The minimum absolute atomic E-state index is 0.0550. The van der Waals surface area contributed by atoms with Crippen LogP contribution in [-0.2, 0) is 9.59 Å². The molecule has 0 N–H and O–H groups in total. The van der Waals surface area contributed by atoms with Crippen molar-refractivity contribution in [2.45, 2.75) is 38.0 Å². The molecule has 166 valence electrons. The van der Waals surface area contributed by atoms with Crippen molar-refractivity contribution in [3.8, 4) is 11.5 Å². The van der Waals surface area contributed by atoms with Crippen molar-refractivity contribution in [2.75, 3.05) is 11.5 Å².